The Morgan fingerprint density at radius 1 is 0.837 bits per heavy atom. The average molecular weight is 615 g/mol. The lowest BCUT2D eigenvalue weighted by Crippen LogP contribution is -2.61. The largest absolute Gasteiger partial charge is 0.481 e. The van der Waals surface area contributed by atoms with E-state index in [4.69, 9.17) is 21.7 Å². The molecule has 1 rings (SSSR count). The maximum absolute atomic E-state index is 13.2. The third-order valence-corrected chi connectivity index (χ3v) is 5.72. The Hall–Kier alpha value is -5.11. The molecule has 0 spiro atoms. The highest BCUT2D eigenvalue weighted by atomic mass is 16.4. The minimum Gasteiger partial charge on any atom is -0.481 e. The van der Waals surface area contributed by atoms with Gasteiger partial charge in [-0.3, -0.25) is 33.6 Å². The van der Waals surface area contributed by atoms with Crippen LogP contribution in [-0.4, -0.2) is 114 Å². The summed E-state index contributed by atoms with van der Waals surface area (Å²) in [5.41, 5.74) is 11.2. The van der Waals surface area contributed by atoms with Gasteiger partial charge in [0, 0.05) is 24.7 Å². The Labute approximate surface area is 243 Å². The van der Waals surface area contributed by atoms with Crippen molar-refractivity contribution in [3.63, 3.8) is 0 Å². The molecule has 20 heteroatoms. The Kier molecular flexibility index (Phi) is 14.2. The molecule has 20 nitrogen and oxygen atoms in total. The van der Waals surface area contributed by atoms with Gasteiger partial charge in [-0.25, -0.2) is 9.78 Å². The maximum Gasteiger partial charge on any atom is 0.326 e. The van der Waals surface area contributed by atoms with Crippen LogP contribution in [-0.2, 0) is 44.8 Å². The van der Waals surface area contributed by atoms with Crippen molar-refractivity contribution in [1.82, 2.24) is 31.2 Å². The molecule has 238 valence electrons. The number of nitrogens with two attached hydrogens (primary N) is 2. The van der Waals surface area contributed by atoms with Crippen molar-refractivity contribution in [1.29, 1.82) is 0 Å². The summed E-state index contributed by atoms with van der Waals surface area (Å²) < 4.78 is 0. The number of carboxylic acid groups (broad SMARTS) is 3. The standard InChI is InChI=1S/C23H34N8O12/c1-9(32)18(22(41)29-13(5-16(34)35)20(39)30-14(23(42)43)6-17(36)37)31-21(40)12(4-10-7-26-8-27-10)28-19(38)11(24)2-3-15(25)33/h7-9,11-14,18,32H,2-6,24H2,1H3,(H2,25,33)(H,26,27)(H,28,38)(H,29,41)(H,30,39)(H,31,40)(H,34,35)(H,36,37)(H,42,43)/t9-,11+,12+,13+,14+,18+/m1/s1. The van der Waals surface area contributed by atoms with E-state index in [-0.39, 0.29) is 19.3 Å². The van der Waals surface area contributed by atoms with E-state index in [1.807, 2.05) is 10.6 Å². The Morgan fingerprint density at radius 2 is 1.37 bits per heavy atom. The number of aromatic nitrogens is 2. The van der Waals surface area contributed by atoms with Gasteiger partial charge in [-0.05, 0) is 13.3 Å². The second-order valence-electron chi connectivity index (χ2n) is 9.34. The molecule has 13 N–H and O–H groups in total. The van der Waals surface area contributed by atoms with Gasteiger partial charge < -0.3 is 58.1 Å². The summed E-state index contributed by atoms with van der Waals surface area (Å²) in [4.78, 5) is 102. The predicted molar refractivity (Wildman–Crippen MR) is 140 cm³/mol. The number of primary amides is 1. The summed E-state index contributed by atoms with van der Waals surface area (Å²) in [5, 5.41) is 45.7. The zero-order valence-corrected chi connectivity index (χ0v) is 22.8. The van der Waals surface area contributed by atoms with Crippen LogP contribution in [0.25, 0.3) is 0 Å². The molecule has 0 aliphatic rings. The van der Waals surface area contributed by atoms with E-state index < -0.39 is 96.6 Å². The van der Waals surface area contributed by atoms with Crippen LogP contribution >= 0.6 is 0 Å². The Morgan fingerprint density at radius 3 is 1.86 bits per heavy atom. The molecular formula is C23H34N8O12. The van der Waals surface area contributed by atoms with Gasteiger partial charge in [0.25, 0.3) is 0 Å². The molecule has 0 aromatic carbocycles. The number of aromatic amines is 1. The van der Waals surface area contributed by atoms with Crippen molar-refractivity contribution in [2.24, 2.45) is 11.5 Å². The summed E-state index contributed by atoms with van der Waals surface area (Å²) in [6.45, 7) is 1.08. The Balaban J connectivity index is 3.13. The molecule has 0 aliphatic heterocycles. The fraction of sp³-hybridized carbons (Fsp3) is 0.522. The fourth-order valence-electron chi connectivity index (χ4n) is 3.48. The van der Waals surface area contributed by atoms with Crippen LogP contribution in [0.4, 0.5) is 0 Å². The van der Waals surface area contributed by atoms with E-state index in [0.29, 0.717) is 5.69 Å². The molecule has 0 aliphatic carbocycles. The van der Waals surface area contributed by atoms with Gasteiger partial charge in [-0.2, -0.15) is 0 Å². The number of carbonyl (C=O) groups is 8. The quantitative estimate of drug-likeness (QED) is 0.0694. The van der Waals surface area contributed by atoms with Crippen LogP contribution in [0.1, 0.15) is 38.3 Å². The van der Waals surface area contributed by atoms with Gasteiger partial charge in [-0.1, -0.05) is 0 Å². The van der Waals surface area contributed by atoms with E-state index >= 15 is 0 Å². The number of carbonyl (C=O) groups excluding carboxylic acids is 5. The number of hydrogen-bond acceptors (Lipinski definition) is 11. The molecule has 0 radical (unpaired) electrons. The zero-order valence-electron chi connectivity index (χ0n) is 22.8. The molecule has 5 amide bonds. The molecular weight excluding hydrogens is 580 g/mol. The molecule has 0 saturated carbocycles. The van der Waals surface area contributed by atoms with E-state index in [1.165, 1.54) is 12.5 Å². The van der Waals surface area contributed by atoms with Crippen LogP contribution in [0.3, 0.4) is 0 Å². The lowest BCUT2D eigenvalue weighted by Gasteiger charge is -2.27. The maximum atomic E-state index is 13.2. The molecule has 1 heterocycles. The van der Waals surface area contributed by atoms with Crippen molar-refractivity contribution < 1.29 is 58.8 Å². The second-order valence-corrected chi connectivity index (χ2v) is 9.34. The third-order valence-electron chi connectivity index (χ3n) is 5.72. The number of amides is 5. The first kappa shape index (κ1) is 35.9. The highest BCUT2D eigenvalue weighted by molar-refractivity contribution is 5.97. The summed E-state index contributed by atoms with van der Waals surface area (Å²) in [5.74, 6) is -10.2. The monoisotopic (exact) mass is 614 g/mol. The van der Waals surface area contributed by atoms with Crippen molar-refractivity contribution in [3.8, 4) is 0 Å². The number of nitrogens with zero attached hydrogens (tertiary/aromatic N) is 1. The third kappa shape index (κ3) is 12.9. The number of imidazole rings is 1. The normalized spacial score (nSPS) is 15.0. The first-order valence-corrected chi connectivity index (χ1v) is 12.6. The molecule has 6 atom stereocenters. The number of hydrogen-bond donors (Lipinski definition) is 11. The minimum atomic E-state index is -1.97. The lowest BCUT2D eigenvalue weighted by molar-refractivity contribution is -0.148. The Bertz CT molecular complexity index is 1190. The first-order valence-electron chi connectivity index (χ1n) is 12.6. The molecule has 1 aromatic rings. The molecule has 0 fully saturated rings. The number of carboxylic acids is 3. The van der Waals surface area contributed by atoms with Gasteiger partial charge in [0.15, 0.2) is 0 Å². The summed E-state index contributed by atoms with van der Waals surface area (Å²) in [7, 11) is 0. The summed E-state index contributed by atoms with van der Waals surface area (Å²) in [6.07, 6.45) is -1.74. The molecule has 0 bridgehead atoms. The number of aliphatic carboxylic acids is 3. The fourth-order valence-corrected chi connectivity index (χ4v) is 3.48. The summed E-state index contributed by atoms with van der Waals surface area (Å²) in [6, 6.07) is -8.43. The van der Waals surface area contributed by atoms with Crippen LogP contribution in [0.5, 0.6) is 0 Å². The summed E-state index contributed by atoms with van der Waals surface area (Å²) >= 11 is 0. The van der Waals surface area contributed by atoms with Crippen LogP contribution in [0, 0.1) is 0 Å². The van der Waals surface area contributed by atoms with Gasteiger partial charge >= 0.3 is 17.9 Å². The van der Waals surface area contributed by atoms with Crippen molar-refractivity contribution in [2.75, 3.05) is 0 Å². The van der Waals surface area contributed by atoms with Crippen LogP contribution in [0.15, 0.2) is 12.5 Å². The smallest absolute Gasteiger partial charge is 0.326 e. The zero-order chi connectivity index (χ0) is 32.9. The van der Waals surface area contributed by atoms with Crippen molar-refractivity contribution in [3.05, 3.63) is 18.2 Å². The number of aliphatic hydroxyl groups is 1. The second kappa shape index (κ2) is 17.0. The van der Waals surface area contributed by atoms with E-state index in [0.717, 1.165) is 6.92 Å². The van der Waals surface area contributed by atoms with E-state index in [2.05, 4.69) is 20.6 Å². The van der Waals surface area contributed by atoms with Crippen LogP contribution in [0.2, 0.25) is 0 Å². The van der Waals surface area contributed by atoms with Gasteiger partial charge in [-0.15, -0.1) is 0 Å². The van der Waals surface area contributed by atoms with Crippen molar-refractivity contribution >= 4 is 47.4 Å². The van der Waals surface area contributed by atoms with Gasteiger partial charge in [0.2, 0.25) is 29.5 Å². The average Bonchev–Trinajstić information content (AvgIpc) is 3.41. The van der Waals surface area contributed by atoms with E-state index in [1.54, 1.807) is 0 Å². The first-order chi connectivity index (χ1) is 20.0. The molecule has 0 saturated heterocycles. The van der Waals surface area contributed by atoms with Gasteiger partial charge in [0.1, 0.15) is 24.2 Å². The number of rotatable bonds is 19. The van der Waals surface area contributed by atoms with Crippen LogP contribution < -0.4 is 32.7 Å². The molecule has 1 aromatic heterocycles. The SMILES string of the molecule is C[C@@H](O)[C@H](NC(=O)[C@H](Cc1cnc[nH]1)NC(=O)[C@@H](N)CCC(N)=O)C(=O)N[C@@H](CC(=O)O)C(=O)N[C@@H](CC(=O)O)C(=O)O. The highest BCUT2D eigenvalue weighted by Crippen LogP contribution is 2.05. The molecule has 0 unspecified atom stereocenters. The van der Waals surface area contributed by atoms with Gasteiger partial charge in [0.05, 0.1) is 31.3 Å². The highest BCUT2D eigenvalue weighted by Gasteiger charge is 2.35. The topological polar surface area (TPSA) is 346 Å². The molecule has 43 heavy (non-hydrogen) atoms. The number of aliphatic hydroxyl groups excluding tert-OH is 1. The predicted octanol–water partition coefficient (Wildman–Crippen LogP) is -5.10. The van der Waals surface area contributed by atoms with E-state index in [9.17, 15) is 48.6 Å². The minimum absolute atomic E-state index is 0.138. The number of H-pyrrole nitrogens is 1. The van der Waals surface area contributed by atoms with Crippen molar-refractivity contribution in [2.45, 2.75) is 75.3 Å². The lowest BCUT2D eigenvalue weighted by atomic mass is 10.1. The number of nitrogens with one attached hydrogen (secondary N) is 5.